The van der Waals surface area contributed by atoms with Crippen LogP contribution >= 0.6 is 11.8 Å². The predicted octanol–water partition coefficient (Wildman–Crippen LogP) is 2.57. The Bertz CT molecular complexity index is 787. The fourth-order valence-corrected chi connectivity index (χ4v) is 2.54. The Morgan fingerprint density at radius 1 is 1.24 bits per heavy atom. The number of nitrogen functional groups attached to an aromatic ring is 1. The Hall–Kier alpha value is -2.65. The van der Waals surface area contributed by atoms with Gasteiger partial charge in [0.2, 0.25) is 0 Å². The van der Waals surface area contributed by atoms with E-state index in [1.807, 2.05) is 12.1 Å². The number of nitrogens with one attached hydrogen (secondary N) is 1. The third-order valence-electron chi connectivity index (χ3n) is 2.64. The molecule has 0 atom stereocenters. The van der Waals surface area contributed by atoms with E-state index < -0.39 is 4.92 Å². The minimum atomic E-state index is -0.516. The Morgan fingerprint density at radius 3 is 2.76 bits per heavy atom. The summed E-state index contributed by atoms with van der Waals surface area (Å²) in [6.07, 6.45) is 0. The molecule has 3 rings (SSSR count). The molecule has 9 heteroatoms. The van der Waals surface area contributed by atoms with Gasteiger partial charge in [0.15, 0.2) is 10.6 Å². The lowest BCUT2D eigenvalue weighted by Gasteiger charge is -2.02. The van der Waals surface area contributed by atoms with E-state index in [2.05, 4.69) is 15.4 Å². The zero-order valence-electron chi connectivity index (χ0n) is 10.5. The zero-order valence-corrected chi connectivity index (χ0v) is 11.3. The number of anilines is 1. The number of para-hydroxylation sites is 2. The lowest BCUT2D eigenvalue weighted by Crippen LogP contribution is -2.09. The summed E-state index contributed by atoms with van der Waals surface area (Å²) in [5.41, 5.74) is 3.49. The minimum Gasteiger partial charge on any atom is -0.431 e. The van der Waals surface area contributed by atoms with Crippen LogP contribution in [0.5, 0.6) is 0 Å². The summed E-state index contributed by atoms with van der Waals surface area (Å²) in [6, 6.07) is 9.97. The topological polar surface area (TPSA) is 120 Å². The number of hydrogen-bond donors (Lipinski definition) is 2. The first-order chi connectivity index (χ1) is 10.2. The molecule has 0 radical (unpaired) electrons. The number of oxazole rings is 1. The van der Waals surface area contributed by atoms with Crippen LogP contribution in [0, 0.1) is 10.1 Å². The number of nitrogens with two attached hydrogens (primary N) is 1. The van der Waals surface area contributed by atoms with Crippen LogP contribution in [0.3, 0.4) is 0 Å². The summed E-state index contributed by atoms with van der Waals surface area (Å²) in [4.78, 5) is 18.8. The maximum Gasteiger partial charge on any atom is 0.302 e. The highest BCUT2D eigenvalue weighted by Gasteiger charge is 2.19. The molecule has 2 heterocycles. The van der Waals surface area contributed by atoms with Crippen molar-refractivity contribution in [2.75, 3.05) is 5.43 Å². The number of nitrogens with zero attached hydrogens (tertiary/aromatic N) is 3. The molecule has 1 aromatic carbocycles. The molecule has 21 heavy (non-hydrogen) atoms. The molecule has 0 aliphatic heterocycles. The number of aromatic nitrogens is 2. The molecule has 8 nitrogen and oxygen atoms in total. The highest BCUT2D eigenvalue weighted by molar-refractivity contribution is 7.99. The SMILES string of the molecule is NNc1ccc([N+](=O)[O-])c(Sc2nc3ccccc3o2)n1. The summed E-state index contributed by atoms with van der Waals surface area (Å²) in [5, 5.41) is 11.5. The second-order valence-corrected chi connectivity index (χ2v) is 4.91. The van der Waals surface area contributed by atoms with Gasteiger partial charge in [0.1, 0.15) is 11.3 Å². The Labute approximate surface area is 122 Å². The van der Waals surface area contributed by atoms with Crippen LogP contribution in [-0.4, -0.2) is 14.9 Å². The highest BCUT2D eigenvalue weighted by atomic mass is 32.2. The summed E-state index contributed by atoms with van der Waals surface area (Å²) in [7, 11) is 0. The van der Waals surface area contributed by atoms with Crippen LogP contribution in [0.2, 0.25) is 0 Å². The highest BCUT2D eigenvalue weighted by Crippen LogP contribution is 2.34. The summed E-state index contributed by atoms with van der Waals surface area (Å²) in [6.45, 7) is 0. The smallest absolute Gasteiger partial charge is 0.302 e. The standard InChI is InChI=1S/C12H9N5O3S/c13-16-10-6-5-8(17(18)19)11(15-10)21-12-14-7-3-1-2-4-9(7)20-12/h1-6H,13H2,(H,15,16). The lowest BCUT2D eigenvalue weighted by molar-refractivity contribution is -0.388. The molecule has 0 aliphatic carbocycles. The number of rotatable bonds is 4. The van der Waals surface area contributed by atoms with Crippen molar-refractivity contribution in [1.29, 1.82) is 0 Å². The van der Waals surface area contributed by atoms with Crippen molar-refractivity contribution in [1.82, 2.24) is 9.97 Å². The van der Waals surface area contributed by atoms with E-state index in [0.717, 1.165) is 11.8 Å². The number of hydrazine groups is 1. The second-order valence-electron chi connectivity index (χ2n) is 3.97. The maximum atomic E-state index is 11.0. The van der Waals surface area contributed by atoms with E-state index in [1.54, 1.807) is 12.1 Å². The van der Waals surface area contributed by atoms with Gasteiger partial charge >= 0.3 is 5.69 Å². The first-order valence-electron chi connectivity index (χ1n) is 5.83. The molecule has 106 valence electrons. The van der Waals surface area contributed by atoms with Gasteiger partial charge in [-0.05, 0) is 30.0 Å². The molecule has 3 N–H and O–H groups in total. The van der Waals surface area contributed by atoms with Crippen molar-refractivity contribution < 1.29 is 9.34 Å². The maximum absolute atomic E-state index is 11.0. The van der Waals surface area contributed by atoms with E-state index in [1.165, 1.54) is 12.1 Å². The fourth-order valence-electron chi connectivity index (χ4n) is 1.70. The van der Waals surface area contributed by atoms with Crippen LogP contribution in [0.15, 0.2) is 51.1 Å². The Balaban J connectivity index is 2.01. The summed E-state index contributed by atoms with van der Waals surface area (Å²) in [5.74, 6) is 5.59. The Morgan fingerprint density at radius 2 is 2.05 bits per heavy atom. The molecule has 0 fully saturated rings. The number of fused-ring (bicyclic) bond motifs is 1. The molecule has 0 amide bonds. The van der Waals surface area contributed by atoms with E-state index in [-0.39, 0.29) is 15.9 Å². The summed E-state index contributed by atoms with van der Waals surface area (Å²) >= 11 is 0.972. The largest absolute Gasteiger partial charge is 0.431 e. The molecule has 0 aliphatic rings. The predicted molar refractivity (Wildman–Crippen MR) is 76.8 cm³/mol. The summed E-state index contributed by atoms with van der Waals surface area (Å²) < 4.78 is 5.52. The van der Waals surface area contributed by atoms with Crippen molar-refractivity contribution >= 4 is 34.4 Å². The van der Waals surface area contributed by atoms with Gasteiger partial charge in [0.25, 0.3) is 5.22 Å². The van der Waals surface area contributed by atoms with E-state index in [4.69, 9.17) is 10.3 Å². The van der Waals surface area contributed by atoms with Gasteiger partial charge in [-0.15, -0.1) is 0 Å². The molecule has 0 spiro atoms. The van der Waals surface area contributed by atoms with Crippen LogP contribution in [0.25, 0.3) is 11.1 Å². The quantitative estimate of drug-likeness (QED) is 0.428. The van der Waals surface area contributed by atoms with E-state index in [9.17, 15) is 10.1 Å². The number of benzene rings is 1. The average molecular weight is 303 g/mol. The molecular formula is C12H9N5O3S. The van der Waals surface area contributed by atoms with Gasteiger partial charge in [-0.25, -0.2) is 15.8 Å². The van der Waals surface area contributed by atoms with Crippen molar-refractivity contribution in [3.8, 4) is 0 Å². The van der Waals surface area contributed by atoms with Crippen molar-refractivity contribution in [3.63, 3.8) is 0 Å². The van der Waals surface area contributed by atoms with Gasteiger partial charge in [-0.2, -0.15) is 0 Å². The first kappa shape index (κ1) is 13.3. The third-order valence-corrected chi connectivity index (χ3v) is 3.49. The van der Waals surface area contributed by atoms with Gasteiger partial charge in [0.05, 0.1) is 4.92 Å². The van der Waals surface area contributed by atoms with Gasteiger partial charge in [-0.1, -0.05) is 12.1 Å². The molecule has 0 saturated heterocycles. The molecule has 0 bridgehead atoms. The molecule has 3 aromatic rings. The van der Waals surface area contributed by atoms with Crippen LogP contribution in [0.1, 0.15) is 0 Å². The first-order valence-corrected chi connectivity index (χ1v) is 6.64. The number of nitro groups is 1. The number of hydrogen-bond acceptors (Lipinski definition) is 8. The minimum absolute atomic E-state index is 0.138. The fraction of sp³-hybridized carbons (Fsp3) is 0. The van der Waals surface area contributed by atoms with Crippen molar-refractivity contribution in [2.45, 2.75) is 10.2 Å². The number of pyridine rings is 1. The van der Waals surface area contributed by atoms with Crippen LogP contribution in [0.4, 0.5) is 11.5 Å². The van der Waals surface area contributed by atoms with Gasteiger partial charge in [-0.3, -0.25) is 10.1 Å². The molecule has 0 unspecified atom stereocenters. The van der Waals surface area contributed by atoms with Gasteiger partial charge in [0, 0.05) is 6.07 Å². The lowest BCUT2D eigenvalue weighted by atomic mass is 10.3. The van der Waals surface area contributed by atoms with E-state index in [0.29, 0.717) is 16.9 Å². The Kier molecular flexibility index (Phi) is 3.42. The average Bonchev–Trinajstić information content (AvgIpc) is 2.89. The van der Waals surface area contributed by atoms with Crippen LogP contribution < -0.4 is 11.3 Å². The van der Waals surface area contributed by atoms with Crippen LogP contribution in [-0.2, 0) is 0 Å². The van der Waals surface area contributed by atoms with Crippen molar-refractivity contribution in [2.24, 2.45) is 5.84 Å². The third kappa shape index (κ3) is 2.64. The molecule has 2 aromatic heterocycles. The normalized spacial score (nSPS) is 10.7. The zero-order chi connectivity index (χ0) is 14.8. The monoisotopic (exact) mass is 303 g/mol. The van der Waals surface area contributed by atoms with Gasteiger partial charge < -0.3 is 9.84 Å². The van der Waals surface area contributed by atoms with Crippen molar-refractivity contribution in [3.05, 3.63) is 46.5 Å². The molecule has 0 saturated carbocycles. The van der Waals surface area contributed by atoms with E-state index >= 15 is 0 Å². The molecular weight excluding hydrogens is 294 g/mol. The second kappa shape index (κ2) is 5.38.